The Morgan fingerprint density at radius 1 is 1.24 bits per heavy atom. The summed E-state index contributed by atoms with van der Waals surface area (Å²) in [5.41, 5.74) is -0.524. The molecule has 0 aromatic heterocycles. The van der Waals surface area contributed by atoms with Crippen molar-refractivity contribution >= 4 is 12.1 Å². The number of ether oxygens (including phenoxy) is 2. The van der Waals surface area contributed by atoms with Crippen LogP contribution in [0.15, 0.2) is 0 Å². The SMILES string of the molecule is COC(=O)C[C@H]1CCN(C)CC[C@H]1NC(=O)OC(C)(C)C. The van der Waals surface area contributed by atoms with Crippen LogP contribution < -0.4 is 5.32 Å². The zero-order valence-electron chi connectivity index (χ0n) is 13.8. The lowest BCUT2D eigenvalue weighted by atomic mass is 9.91. The monoisotopic (exact) mass is 300 g/mol. The van der Waals surface area contributed by atoms with Crippen molar-refractivity contribution < 1.29 is 19.1 Å². The van der Waals surface area contributed by atoms with Crippen LogP contribution in [0, 0.1) is 5.92 Å². The lowest BCUT2D eigenvalue weighted by Gasteiger charge is -2.27. The maximum Gasteiger partial charge on any atom is 0.407 e. The minimum atomic E-state index is -0.524. The first-order valence-corrected chi connectivity index (χ1v) is 7.46. The van der Waals surface area contributed by atoms with Gasteiger partial charge in [0.15, 0.2) is 0 Å². The molecular formula is C15H28N2O4. The minimum Gasteiger partial charge on any atom is -0.469 e. The molecule has 21 heavy (non-hydrogen) atoms. The van der Waals surface area contributed by atoms with Gasteiger partial charge in [-0.1, -0.05) is 0 Å². The van der Waals surface area contributed by atoms with Crippen LogP contribution in [0.2, 0.25) is 0 Å². The molecular weight excluding hydrogens is 272 g/mol. The van der Waals surface area contributed by atoms with E-state index in [0.717, 1.165) is 25.9 Å². The molecule has 1 N–H and O–H groups in total. The van der Waals surface area contributed by atoms with Gasteiger partial charge in [0.25, 0.3) is 0 Å². The fourth-order valence-corrected chi connectivity index (χ4v) is 2.49. The smallest absolute Gasteiger partial charge is 0.407 e. The molecule has 1 aliphatic rings. The predicted molar refractivity (Wildman–Crippen MR) is 80.0 cm³/mol. The summed E-state index contributed by atoms with van der Waals surface area (Å²) in [6.45, 7) is 7.30. The molecule has 1 aliphatic heterocycles. The molecule has 1 rings (SSSR count). The second kappa shape index (κ2) is 7.64. The third kappa shape index (κ3) is 6.80. The van der Waals surface area contributed by atoms with Crippen LogP contribution in [-0.2, 0) is 14.3 Å². The Bertz CT molecular complexity index is 365. The fraction of sp³-hybridized carbons (Fsp3) is 0.867. The van der Waals surface area contributed by atoms with Crippen LogP contribution >= 0.6 is 0 Å². The van der Waals surface area contributed by atoms with E-state index in [2.05, 4.69) is 10.2 Å². The van der Waals surface area contributed by atoms with Crippen molar-refractivity contribution in [3.05, 3.63) is 0 Å². The van der Waals surface area contributed by atoms with Gasteiger partial charge in [0.2, 0.25) is 0 Å². The van der Waals surface area contributed by atoms with Gasteiger partial charge in [-0.15, -0.1) is 0 Å². The van der Waals surface area contributed by atoms with E-state index >= 15 is 0 Å². The van der Waals surface area contributed by atoms with Gasteiger partial charge in [-0.05, 0) is 59.7 Å². The maximum atomic E-state index is 12.0. The molecule has 0 bridgehead atoms. The summed E-state index contributed by atoms with van der Waals surface area (Å²) < 4.78 is 10.1. The molecule has 0 saturated carbocycles. The number of rotatable bonds is 3. The van der Waals surface area contributed by atoms with E-state index in [4.69, 9.17) is 9.47 Å². The Hall–Kier alpha value is -1.30. The summed E-state index contributed by atoms with van der Waals surface area (Å²) >= 11 is 0. The van der Waals surface area contributed by atoms with Gasteiger partial charge in [-0.25, -0.2) is 4.79 Å². The zero-order chi connectivity index (χ0) is 16.0. The molecule has 6 heteroatoms. The first-order chi connectivity index (χ1) is 9.71. The maximum absolute atomic E-state index is 12.0. The molecule has 1 amide bonds. The number of likely N-dealkylation sites (tertiary alicyclic amines) is 1. The minimum absolute atomic E-state index is 0.0658. The first kappa shape index (κ1) is 17.8. The Labute approximate surface area is 127 Å². The Balaban J connectivity index is 2.67. The Morgan fingerprint density at radius 3 is 2.43 bits per heavy atom. The molecule has 2 atom stereocenters. The number of alkyl carbamates (subject to hydrolysis) is 1. The van der Waals surface area contributed by atoms with Crippen molar-refractivity contribution in [2.75, 3.05) is 27.2 Å². The lowest BCUT2D eigenvalue weighted by molar-refractivity contribution is -0.142. The van der Waals surface area contributed by atoms with E-state index < -0.39 is 11.7 Å². The van der Waals surface area contributed by atoms with Crippen LogP contribution in [0.3, 0.4) is 0 Å². The van der Waals surface area contributed by atoms with E-state index in [9.17, 15) is 9.59 Å². The van der Waals surface area contributed by atoms with E-state index in [0.29, 0.717) is 6.42 Å². The van der Waals surface area contributed by atoms with E-state index in [1.54, 1.807) is 0 Å². The molecule has 1 saturated heterocycles. The predicted octanol–water partition coefficient (Wildman–Crippen LogP) is 1.78. The highest BCUT2D eigenvalue weighted by molar-refractivity contribution is 5.70. The number of nitrogens with one attached hydrogen (secondary N) is 1. The van der Waals surface area contributed by atoms with Crippen molar-refractivity contribution in [2.24, 2.45) is 5.92 Å². The molecule has 0 unspecified atom stereocenters. The van der Waals surface area contributed by atoms with Crippen molar-refractivity contribution in [3.8, 4) is 0 Å². The number of esters is 1. The van der Waals surface area contributed by atoms with Crippen LogP contribution in [0.1, 0.15) is 40.0 Å². The third-order valence-corrected chi connectivity index (χ3v) is 3.63. The van der Waals surface area contributed by atoms with Gasteiger partial charge in [0, 0.05) is 6.04 Å². The van der Waals surface area contributed by atoms with E-state index in [1.165, 1.54) is 7.11 Å². The summed E-state index contributed by atoms with van der Waals surface area (Å²) in [6.07, 6.45) is 1.56. The summed E-state index contributed by atoms with van der Waals surface area (Å²) in [5, 5.41) is 2.92. The Morgan fingerprint density at radius 2 is 1.86 bits per heavy atom. The average molecular weight is 300 g/mol. The second-order valence-corrected chi connectivity index (χ2v) is 6.67. The number of hydrogen-bond donors (Lipinski definition) is 1. The van der Waals surface area contributed by atoms with E-state index in [1.807, 2.05) is 27.8 Å². The summed E-state index contributed by atoms with van der Waals surface area (Å²) in [4.78, 5) is 25.7. The normalized spacial score (nSPS) is 24.0. The van der Waals surface area contributed by atoms with Gasteiger partial charge in [0.05, 0.1) is 13.5 Å². The molecule has 0 aliphatic carbocycles. The highest BCUT2D eigenvalue weighted by Crippen LogP contribution is 2.22. The van der Waals surface area contributed by atoms with Crippen molar-refractivity contribution in [2.45, 2.75) is 51.7 Å². The number of hydrogen-bond acceptors (Lipinski definition) is 5. The van der Waals surface area contributed by atoms with Gasteiger partial charge in [-0.3, -0.25) is 4.79 Å². The van der Waals surface area contributed by atoms with Crippen LogP contribution in [0.4, 0.5) is 4.79 Å². The summed E-state index contributed by atoms with van der Waals surface area (Å²) in [6, 6.07) is -0.0658. The standard InChI is InChI=1S/C15H28N2O4/c1-15(2,3)21-14(19)16-12-7-9-17(4)8-6-11(12)10-13(18)20-5/h11-12H,6-10H2,1-5H3,(H,16,19)/t11-,12-/m1/s1. The quantitative estimate of drug-likeness (QED) is 0.805. The van der Waals surface area contributed by atoms with Crippen molar-refractivity contribution in [3.63, 3.8) is 0 Å². The Kier molecular flexibility index (Phi) is 6.45. The lowest BCUT2D eigenvalue weighted by Crippen LogP contribution is -2.43. The van der Waals surface area contributed by atoms with Crippen molar-refractivity contribution in [1.29, 1.82) is 0 Å². The number of nitrogens with zero attached hydrogens (tertiary/aromatic N) is 1. The first-order valence-electron chi connectivity index (χ1n) is 7.46. The molecule has 0 aromatic carbocycles. The van der Waals surface area contributed by atoms with Gasteiger partial charge >= 0.3 is 12.1 Å². The number of amides is 1. The van der Waals surface area contributed by atoms with Gasteiger partial charge in [-0.2, -0.15) is 0 Å². The topological polar surface area (TPSA) is 67.9 Å². The molecule has 1 fully saturated rings. The molecule has 0 radical (unpaired) electrons. The molecule has 1 heterocycles. The fourth-order valence-electron chi connectivity index (χ4n) is 2.49. The number of methoxy groups -OCH3 is 1. The van der Waals surface area contributed by atoms with Gasteiger partial charge < -0.3 is 19.7 Å². The summed E-state index contributed by atoms with van der Waals surface area (Å²) in [7, 11) is 3.44. The number of carbonyl (C=O) groups is 2. The molecule has 0 spiro atoms. The number of carbonyl (C=O) groups excluding carboxylic acids is 2. The summed E-state index contributed by atoms with van der Waals surface area (Å²) in [5.74, 6) is -0.157. The largest absolute Gasteiger partial charge is 0.469 e. The highest BCUT2D eigenvalue weighted by Gasteiger charge is 2.30. The molecule has 6 nitrogen and oxygen atoms in total. The van der Waals surface area contributed by atoms with Crippen molar-refractivity contribution in [1.82, 2.24) is 10.2 Å². The average Bonchev–Trinajstić information content (AvgIpc) is 2.51. The van der Waals surface area contributed by atoms with Crippen LogP contribution in [-0.4, -0.2) is 55.9 Å². The molecule has 0 aromatic rings. The van der Waals surface area contributed by atoms with Crippen LogP contribution in [0.5, 0.6) is 0 Å². The zero-order valence-corrected chi connectivity index (χ0v) is 13.8. The van der Waals surface area contributed by atoms with Crippen LogP contribution in [0.25, 0.3) is 0 Å². The van der Waals surface area contributed by atoms with Gasteiger partial charge in [0.1, 0.15) is 5.60 Å². The second-order valence-electron chi connectivity index (χ2n) is 6.67. The highest BCUT2D eigenvalue weighted by atomic mass is 16.6. The molecule has 122 valence electrons. The van der Waals surface area contributed by atoms with E-state index in [-0.39, 0.29) is 17.9 Å². The third-order valence-electron chi connectivity index (χ3n) is 3.63.